The summed E-state index contributed by atoms with van der Waals surface area (Å²) in [5.41, 5.74) is 3.69. The SMILES string of the molecule is CCN(CC)CCC1C(c2ccccc2)=NN(C)C1c1ccc(Cl)cc1. The van der Waals surface area contributed by atoms with Gasteiger partial charge < -0.3 is 4.90 Å². The predicted octanol–water partition coefficient (Wildman–Crippen LogP) is 5.08. The van der Waals surface area contributed by atoms with Gasteiger partial charge in [-0.15, -0.1) is 0 Å². The van der Waals surface area contributed by atoms with Crippen molar-refractivity contribution in [2.45, 2.75) is 26.3 Å². The molecule has 2 atom stereocenters. The molecule has 1 aliphatic heterocycles. The van der Waals surface area contributed by atoms with E-state index in [0.29, 0.717) is 5.92 Å². The molecule has 2 aromatic carbocycles. The molecule has 3 nitrogen and oxygen atoms in total. The lowest BCUT2D eigenvalue weighted by molar-refractivity contribution is 0.221. The maximum Gasteiger partial charge on any atom is 0.0801 e. The quantitative estimate of drug-likeness (QED) is 0.677. The summed E-state index contributed by atoms with van der Waals surface area (Å²) in [6.45, 7) is 7.71. The first-order valence-corrected chi connectivity index (χ1v) is 9.86. The number of hydrogen-bond donors (Lipinski definition) is 0. The van der Waals surface area contributed by atoms with Crippen molar-refractivity contribution < 1.29 is 0 Å². The molecule has 26 heavy (non-hydrogen) atoms. The molecule has 0 N–H and O–H groups in total. The molecule has 0 spiro atoms. The van der Waals surface area contributed by atoms with Crippen LogP contribution in [0.15, 0.2) is 59.7 Å². The van der Waals surface area contributed by atoms with Crippen molar-refractivity contribution in [1.82, 2.24) is 9.91 Å². The Morgan fingerprint density at radius 3 is 2.27 bits per heavy atom. The molecule has 0 fully saturated rings. The highest BCUT2D eigenvalue weighted by Crippen LogP contribution is 2.38. The summed E-state index contributed by atoms with van der Waals surface area (Å²) in [6, 6.07) is 19.1. The smallest absolute Gasteiger partial charge is 0.0801 e. The van der Waals surface area contributed by atoms with Crippen LogP contribution in [-0.2, 0) is 0 Å². The van der Waals surface area contributed by atoms with Gasteiger partial charge in [-0.05, 0) is 49.3 Å². The van der Waals surface area contributed by atoms with Gasteiger partial charge in [-0.1, -0.05) is 67.9 Å². The first-order valence-electron chi connectivity index (χ1n) is 9.48. The lowest BCUT2D eigenvalue weighted by atomic mass is 9.84. The zero-order valence-corrected chi connectivity index (χ0v) is 16.7. The molecule has 0 aromatic heterocycles. The Labute approximate surface area is 162 Å². The van der Waals surface area contributed by atoms with Crippen LogP contribution in [0.3, 0.4) is 0 Å². The average molecular weight is 370 g/mol. The number of hydrazone groups is 1. The third-order valence-electron chi connectivity index (χ3n) is 5.33. The van der Waals surface area contributed by atoms with Crippen LogP contribution in [0.25, 0.3) is 0 Å². The number of rotatable bonds is 7. The summed E-state index contributed by atoms with van der Waals surface area (Å²) < 4.78 is 0. The summed E-state index contributed by atoms with van der Waals surface area (Å²) in [5, 5.41) is 7.85. The van der Waals surface area contributed by atoms with E-state index in [1.165, 1.54) is 16.8 Å². The summed E-state index contributed by atoms with van der Waals surface area (Å²) >= 11 is 6.11. The number of hydrogen-bond acceptors (Lipinski definition) is 3. The molecule has 2 unspecified atom stereocenters. The van der Waals surface area contributed by atoms with Gasteiger partial charge in [0.1, 0.15) is 0 Å². The first kappa shape index (κ1) is 18.9. The molecule has 1 aliphatic rings. The van der Waals surface area contributed by atoms with E-state index >= 15 is 0 Å². The molecule has 2 aromatic rings. The summed E-state index contributed by atoms with van der Waals surface area (Å²) in [7, 11) is 2.08. The van der Waals surface area contributed by atoms with E-state index in [1.807, 2.05) is 12.1 Å². The van der Waals surface area contributed by atoms with E-state index in [-0.39, 0.29) is 6.04 Å². The summed E-state index contributed by atoms with van der Waals surface area (Å²) in [4.78, 5) is 2.49. The Bertz CT molecular complexity index is 723. The lowest BCUT2D eigenvalue weighted by Gasteiger charge is -2.28. The molecular formula is C22H28ClN3. The first-order chi connectivity index (χ1) is 12.6. The molecule has 0 aliphatic carbocycles. The maximum atomic E-state index is 6.11. The topological polar surface area (TPSA) is 18.8 Å². The van der Waals surface area contributed by atoms with Crippen LogP contribution in [0.5, 0.6) is 0 Å². The van der Waals surface area contributed by atoms with Crippen molar-refractivity contribution in [3.8, 4) is 0 Å². The summed E-state index contributed by atoms with van der Waals surface area (Å²) in [6.07, 6.45) is 1.09. The van der Waals surface area contributed by atoms with Gasteiger partial charge in [0.25, 0.3) is 0 Å². The van der Waals surface area contributed by atoms with E-state index in [4.69, 9.17) is 16.7 Å². The molecule has 0 saturated heterocycles. The maximum absolute atomic E-state index is 6.11. The summed E-state index contributed by atoms with van der Waals surface area (Å²) in [5.74, 6) is 0.365. The van der Waals surface area contributed by atoms with Gasteiger partial charge in [0.2, 0.25) is 0 Å². The van der Waals surface area contributed by atoms with Crippen LogP contribution in [0.2, 0.25) is 5.02 Å². The molecule has 0 saturated carbocycles. The highest BCUT2D eigenvalue weighted by atomic mass is 35.5. The number of halogens is 1. The Kier molecular flexibility index (Phi) is 6.33. The molecule has 138 valence electrons. The highest BCUT2D eigenvalue weighted by Gasteiger charge is 2.37. The van der Waals surface area contributed by atoms with Crippen LogP contribution in [0.4, 0.5) is 0 Å². The Morgan fingerprint density at radius 2 is 1.65 bits per heavy atom. The fourth-order valence-electron chi connectivity index (χ4n) is 3.86. The zero-order chi connectivity index (χ0) is 18.5. The second-order valence-electron chi connectivity index (χ2n) is 6.84. The van der Waals surface area contributed by atoms with E-state index in [9.17, 15) is 0 Å². The van der Waals surface area contributed by atoms with Crippen molar-refractivity contribution in [2.24, 2.45) is 11.0 Å². The van der Waals surface area contributed by atoms with E-state index in [1.54, 1.807) is 0 Å². The van der Waals surface area contributed by atoms with Crippen LogP contribution < -0.4 is 0 Å². The van der Waals surface area contributed by atoms with Gasteiger partial charge in [0.15, 0.2) is 0 Å². The van der Waals surface area contributed by atoms with Gasteiger partial charge in [-0.3, -0.25) is 5.01 Å². The molecule has 4 heteroatoms. The zero-order valence-electron chi connectivity index (χ0n) is 15.9. The monoisotopic (exact) mass is 369 g/mol. The Balaban J connectivity index is 1.91. The van der Waals surface area contributed by atoms with Gasteiger partial charge in [-0.25, -0.2) is 0 Å². The van der Waals surface area contributed by atoms with Crippen LogP contribution >= 0.6 is 11.6 Å². The molecule has 0 amide bonds. The Morgan fingerprint density at radius 1 is 1.00 bits per heavy atom. The lowest BCUT2D eigenvalue weighted by Crippen LogP contribution is -2.30. The van der Waals surface area contributed by atoms with Crippen LogP contribution in [0, 0.1) is 5.92 Å². The van der Waals surface area contributed by atoms with Crippen molar-refractivity contribution in [2.75, 3.05) is 26.7 Å². The van der Waals surface area contributed by atoms with Crippen LogP contribution in [-0.4, -0.2) is 42.3 Å². The van der Waals surface area contributed by atoms with Crippen molar-refractivity contribution in [1.29, 1.82) is 0 Å². The van der Waals surface area contributed by atoms with Crippen molar-refractivity contribution in [3.63, 3.8) is 0 Å². The predicted molar refractivity (Wildman–Crippen MR) is 111 cm³/mol. The number of benzene rings is 2. The molecule has 3 rings (SSSR count). The second-order valence-corrected chi connectivity index (χ2v) is 7.28. The standard InChI is InChI=1S/C22H28ClN3/c1-4-26(5-2)16-15-20-21(17-9-7-6-8-10-17)24-25(3)22(20)18-11-13-19(23)14-12-18/h6-14,20,22H,4-5,15-16H2,1-3H3. The fourth-order valence-corrected chi connectivity index (χ4v) is 3.99. The van der Waals surface area contributed by atoms with E-state index in [2.05, 4.69) is 73.3 Å². The van der Waals surface area contributed by atoms with Gasteiger partial charge in [-0.2, -0.15) is 5.10 Å². The molecule has 1 heterocycles. The largest absolute Gasteiger partial charge is 0.304 e. The van der Waals surface area contributed by atoms with Crippen LogP contribution in [0.1, 0.15) is 37.4 Å². The normalized spacial score (nSPS) is 19.9. The van der Waals surface area contributed by atoms with Gasteiger partial charge in [0, 0.05) is 18.0 Å². The van der Waals surface area contributed by atoms with E-state index < -0.39 is 0 Å². The molecule has 0 radical (unpaired) electrons. The minimum atomic E-state index is 0.248. The average Bonchev–Trinajstić information content (AvgIpc) is 3.00. The van der Waals surface area contributed by atoms with Crippen molar-refractivity contribution in [3.05, 3.63) is 70.7 Å². The Hall–Kier alpha value is -1.84. The second kappa shape index (κ2) is 8.70. The fraction of sp³-hybridized carbons (Fsp3) is 0.409. The van der Waals surface area contributed by atoms with Gasteiger partial charge >= 0.3 is 0 Å². The molecule has 0 bridgehead atoms. The minimum Gasteiger partial charge on any atom is -0.304 e. The third-order valence-corrected chi connectivity index (χ3v) is 5.58. The third kappa shape index (κ3) is 4.11. The van der Waals surface area contributed by atoms with Gasteiger partial charge in [0.05, 0.1) is 11.8 Å². The van der Waals surface area contributed by atoms with E-state index in [0.717, 1.165) is 31.1 Å². The number of nitrogens with zero attached hydrogens (tertiary/aromatic N) is 3. The van der Waals surface area contributed by atoms with Crippen molar-refractivity contribution >= 4 is 17.3 Å². The minimum absolute atomic E-state index is 0.248. The molecular weight excluding hydrogens is 342 g/mol. The highest BCUT2D eigenvalue weighted by molar-refractivity contribution is 6.30.